The lowest BCUT2D eigenvalue weighted by molar-refractivity contribution is 0.102. The van der Waals surface area contributed by atoms with Gasteiger partial charge in [-0.3, -0.25) is 10.1 Å². The van der Waals surface area contributed by atoms with Crippen LogP contribution in [0.3, 0.4) is 0 Å². The fourth-order valence-corrected chi connectivity index (χ4v) is 3.60. The van der Waals surface area contributed by atoms with Gasteiger partial charge in [0, 0.05) is 5.75 Å². The molecule has 2 aromatic heterocycles. The maximum atomic E-state index is 12.4. The minimum Gasteiger partial charge on any atom is -0.295 e. The van der Waals surface area contributed by atoms with Gasteiger partial charge in [0.05, 0.1) is 11.4 Å². The Balaban J connectivity index is 1.73. The molecule has 9 heteroatoms. The molecule has 124 valence electrons. The molecular weight excluding hydrogens is 344 g/mol. The van der Waals surface area contributed by atoms with E-state index in [1.807, 2.05) is 30.3 Å². The zero-order valence-corrected chi connectivity index (χ0v) is 14.9. The predicted octanol–water partition coefficient (Wildman–Crippen LogP) is 3.18. The molecule has 7 nitrogen and oxygen atoms in total. The molecule has 0 saturated carbocycles. The van der Waals surface area contributed by atoms with E-state index >= 15 is 0 Å². The quantitative estimate of drug-likeness (QED) is 0.537. The zero-order chi connectivity index (χ0) is 16.9. The first-order valence-corrected chi connectivity index (χ1v) is 9.24. The Morgan fingerprint density at radius 3 is 2.79 bits per heavy atom. The summed E-state index contributed by atoms with van der Waals surface area (Å²) in [5.74, 6) is 0.644. The van der Waals surface area contributed by atoms with Crippen molar-refractivity contribution in [1.29, 1.82) is 0 Å². The van der Waals surface area contributed by atoms with Gasteiger partial charge in [-0.05, 0) is 25.5 Å². The first kappa shape index (κ1) is 16.6. The highest BCUT2D eigenvalue weighted by Gasteiger charge is 2.18. The van der Waals surface area contributed by atoms with E-state index in [-0.39, 0.29) is 11.6 Å². The number of aromatic nitrogens is 5. The van der Waals surface area contributed by atoms with Crippen molar-refractivity contribution < 1.29 is 4.79 Å². The third kappa shape index (κ3) is 3.80. The number of amides is 1. The number of nitrogens with zero attached hydrogens (tertiary/aromatic N) is 5. The number of nitrogens with one attached hydrogen (secondary N) is 1. The van der Waals surface area contributed by atoms with Gasteiger partial charge in [0.2, 0.25) is 5.13 Å². The van der Waals surface area contributed by atoms with Gasteiger partial charge >= 0.3 is 0 Å². The van der Waals surface area contributed by atoms with E-state index in [1.165, 1.54) is 16.1 Å². The third-order valence-electron chi connectivity index (χ3n) is 3.04. The van der Waals surface area contributed by atoms with Crippen LogP contribution >= 0.6 is 23.1 Å². The van der Waals surface area contributed by atoms with Crippen molar-refractivity contribution in [2.75, 3.05) is 11.1 Å². The summed E-state index contributed by atoms with van der Waals surface area (Å²) in [6.07, 6.45) is 1.06. The molecule has 0 unspecified atom stereocenters. The molecule has 1 amide bonds. The summed E-state index contributed by atoms with van der Waals surface area (Å²) in [5.41, 5.74) is 1.63. The lowest BCUT2D eigenvalue weighted by Crippen LogP contribution is -2.14. The third-order valence-corrected chi connectivity index (χ3v) is 5.22. The number of rotatable bonds is 6. The van der Waals surface area contributed by atoms with Gasteiger partial charge in [-0.15, -0.1) is 15.3 Å². The van der Waals surface area contributed by atoms with Gasteiger partial charge in [0.1, 0.15) is 0 Å². The van der Waals surface area contributed by atoms with E-state index in [9.17, 15) is 4.79 Å². The average Bonchev–Trinajstić information content (AvgIpc) is 3.20. The number of carbonyl (C=O) groups is 1. The monoisotopic (exact) mass is 360 g/mol. The topological polar surface area (TPSA) is 85.6 Å². The zero-order valence-electron chi connectivity index (χ0n) is 13.3. The van der Waals surface area contributed by atoms with Gasteiger partial charge in [0.25, 0.3) is 5.91 Å². The van der Waals surface area contributed by atoms with E-state index in [1.54, 1.807) is 18.7 Å². The first-order chi connectivity index (χ1) is 11.7. The van der Waals surface area contributed by atoms with Gasteiger partial charge in [0.15, 0.2) is 10.0 Å². The van der Waals surface area contributed by atoms with Crippen LogP contribution < -0.4 is 5.32 Å². The van der Waals surface area contributed by atoms with Crippen LogP contribution in [0.15, 0.2) is 34.7 Å². The number of hydrogen-bond acceptors (Lipinski definition) is 7. The number of anilines is 1. The number of benzene rings is 1. The largest absolute Gasteiger partial charge is 0.295 e. The fraction of sp³-hybridized carbons (Fsp3) is 0.267. The van der Waals surface area contributed by atoms with Crippen LogP contribution in [-0.2, 0) is 0 Å². The normalized spacial score (nSPS) is 10.8. The lowest BCUT2D eigenvalue weighted by atomic mass is 10.3. The highest BCUT2D eigenvalue weighted by atomic mass is 32.2. The summed E-state index contributed by atoms with van der Waals surface area (Å²) in [4.78, 5) is 13.9. The van der Waals surface area contributed by atoms with Crippen molar-refractivity contribution in [2.45, 2.75) is 24.6 Å². The molecular formula is C15H16N6OS2. The number of para-hydroxylation sites is 1. The van der Waals surface area contributed by atoms with Crippen LogP contribution in [0.2, 0.25) is 0 Å². The molecule has 0 atom stereocenters. The highest BCUT2D eigenvalue weighted by Crippen LogP contribution is 2.26. The molecule has 0 fully saturated rings. The minimum absolute atomic E-state index is 0.275. The van der Waals surface area contributed by atoms with Crippen LogP contribution in [0, 0.1) is 6.92 Å². The summed E-state index contributed by atoms with van der Waals surface area (Å²) >= 11 is 2.99. The lowest BCUT2D eigenvalue weighted by Gasteiger charge is -1.98. The Morgan fingerprint density at radius 1 is 1.25 bits per heavy atom. The van der Waals surface area contributed by atoms with Crippen molar-refractivity contribution in [3.63, 3.8) is 0 Å². The maximum Gasteiger partial charge on any atom is 0.279 e. The van der Waals surface area contributed by atoms with Crippen LogP contribution in [0.1, 0.15) is 29.5 Å². The second kappa shape index (κ2) is 7.54. The number of carbonyl (C=O) groups excluding carboxylic acids is 1. The Hall–Kier alpha value is -2.26. The van der Waals surface area contributed by atoms with Gasteiger partial charge in [-0.25, -0.2) is 0 Å². The van der Waals surface area contributed by atoms with Gasteiger partial charge in [-0.2, -0.15) is 9.90 Å². The van der Waals surface area contributed by atoms with E-state index in [0.717, 1.165) is 22.2 Å². The minimum atomic E-state index is -0.335. The molecule has 24 heavy (non-hydrogen) atoms. The van der Waals surface area contributed by atoms with Crippen LogP contribution in [0.5, 0.6) is 0 Å². The van der Waals surface area contributed by atoms with Crippen molar-refractivity contribution >= 4 is 34.1 Å². The molecule has 0 spiro atoms. The Kier molecular flexibility index (Phi) is 5.21. The van der Waals surface area contributed by atoms with Crippen molar-refractivity contribution in [2.24, 2.45) is 0 Å². The van der Waals surface area contributed by atoms with E-state index in [4.69, 9.17) is 0 Å². The maximum absolute atomic E-state index is 12.4. The molecule has 1 aromatic carbocycles. The predicted molar refractivity (Wildman–Crippen MR) is 95.0 cm³/mol. The smallest absolute Gasteiger partial charge is 0.279 e. The molecule has 0 bridgehead atoms. The second-order valence-corrected chi connectivity index (χ2v) is 7.25. The molecule has 1 N–H and O–H groups in total. The summed E-state index contributed by atoms with van der Waals surface area (Å²) in [6.45, 7) is 3.86. The molecule has 0 aliphatic rings. The summed E-state index contributed by atoms with van der Waals surface area (Å²) in [6, 6.07) is 9.46. The summed E-state index contributed by atoms with van der Waals surface area (Å²) < 4.78 is 0.844. The number of hydrogen-bond donors (Lipinski definition) is 1. The first-order valence-electron chi connectivity index (χ1n) is 7.44. The Morgan fingerprint density at radius 2 is 2.04 bits per heavy atom. The van der Waals surface area contributed by atoms with Crippen LogP contribution in [0.25, 0.3) is 5.69 Å². The van der Waals surface area contributed by atoms with E-state index in [2.05, 4.69) is 32.6 Å². The second-order valence-electron chi connectivity index (χ2n) is 4.93. The van der Waals surface area contributed by atoms with E-state index < -0.39 is 0 Å². The van der Waals surface area contributed by atoms with Gasteiger partial charge in [-0.1, -0.05) is 48.2 Å². The summed E-state index contributed by atoms with van der Waals surface area (Å²) in [5, 5.41) is 19.8. The van der Waals surface area contributed by atoms with Gasteiger partial charge < -0.3 is 0 Å². The molecule has 0 aliphatic carbocycles. The Labute approximate surface area is 147 Å². The van der Waals surface area contributed by atoms with Crippen LogP contribution in [-0.4, -0.2) is 36.9 Å². The number of thioether (sulfide) groups is 1. The van der Waals surface area contributed by atoms with Crippen molar-refractivity contribution in [1.82, 2.24) is 25.2 Å². The molecule has 3 rings (SSSR count). The SMILES string of the molecule is CCCSc1nnc(NC(=O)c2nn(-c3ccccc3)nc2C)s1. The average molecular weight is 360 g/mol. The van der Waals surface area contributed by atoms with E-state index in [0.29, 0.717) is 10.8 Å². The molecule has 0 saturated heterocycles. The van der Waals surface area contributed by atoms with Crippen molar-refractivity contribution in [3.05, 3.63) is 41.7 Å². The van der Waals surface area contributed by atoms with Crippen molar-refractivity contribution in [3.8, 4) is 5.69 Å². The number of aryl methyl sites for hydroxylation is 1. The standard InChI is InChI=1S/C15H16N6OS2/c1-3-9-23-15-18-17-14(24-15)16-13(22)12-10(2)19-21(20-12)11-7-5-4-6-8-11/h4-8H,3,9H2,1-2H3,(H,16,17,22). The summed E-state index contributed by atoms with van der Waals surface area (Å²) in [7, 11) is 0. The highest BCUT2D eigenvalue weighted by molar-refractivity contribution is 8.01. The molecule has 0 radical (unpaired) electrons. The van der Waals surface area contributed by atoms with Crippen LogP contribution in [0.4, 0.5) is 5.13 Å². The fourth-order valence-electron chi connectivity index (χ4n) is 1.93. The Bertz CT molecular complexity index is 830. The molecule has 2 heterocycles. The molecule has 0 aliphatic heterocycles. The molecule has 3 aromatic rings.